The lowest BCUT2D eigenvalue weighted by atomic mass is 9.88. The van der Waals surface area contributed by atoms with E-state index >= 15 is 0 Å². The van der Waals surface area contributed by atoms with Crippen LogP contribution in [0.4, 0.5) is 4.39 Å². The van der Waals surface area contributed by atoms with Gasteiger partial charge in [0.1, 0.15) is 23.4 Å². The normalized spacial score (nSPS) is 16.6. The summed E-state index contributed by atoms with van der Waals surface area (Å²) in [5.74, 6) is -0.309. The van der Waals surface area contributed by atoms with Crippen molar-refractivity contribution in [1.29, 1.82) is 0 Å². The minimum atomic E-state index is -0.806. The predicted octanol–water partition coefficient (Wildman–Crippen LogP) is 2.64. The van der Waals surface area contributed by atoms with Gasteiger partial charge in [-0.3, -0.25) is 4.79 Å². The zero-order valence-electron chi connectivity index (χ0n) is 13.7. The molecular formula is C19H21FN2O3. The number of benzene rings is 2. The third kappa shape index (κ3) is 3.74. The van der Waals surface area contributed by atoms with Crippen molar-refractivity contribution >= 4 is 5.91 Å². The summed E-state index contributed by atoms with van der Waals surface area (Å²) in [5, 5.41) is 19.4. The largest absolute Gasteiger partial charge is 0.508 e. The first-order valence-electron chi connectivity index (χ1n) is 8.27. The van der Waals surface area contributed by atoms with Crippen LogP contribution in [0.15, 0.2) is 42.5 Å². The Morgan fingerprint density at radius 3 is 2.36 bits per heavy atom. The molecule has 5 nitrogen and oxygen atoms in total. The molecule has 0 aromatic heterocycles. The molecule has 1 atom stereocenters. The number of phenols is 2. The Labute approximate surface area is 145 Å². The molecule has 1 aliphatic heterocycles. The van der Waals surface area contributed by atoms with Gasteiger partial charge >= 0.3 is 0 Å². The third-order valence-electron chi connectivity index (χ3n) is 4.76. The first kappa shape index (κ1) is 17.2. The zero-order valence-corrected chi connectivity index (χ0v) is 13.7. The number of likely N-dealkylation sites (tertiary alicyclic amines) is 1. The number of rotatable bonds is 3. The SMILES string of the molecule is NC(C(=O)N1CCC(c2ccc(O)cc2O)CC1)c1ccc(F)cc1. The summed E-state index contributed by atoms with van der Waals surface area (Å²) in [6.45, 7) is 1.08. The molecule has 0 spiro atoms. The predicted molar refractivity (Wildman–Crippen MR) is 91.7 cm³/mol. The summed E-state index contributed by atoms with van der Waals surface area (Å²) < 4.78 is 13.0. The van der Waals surface area contributed by atoms with Gasteiger partial charge in [-0.25, -0.2) is 4.39 Å². The maximum absolute atomic E-state index is 13.0. The molecule has 0 radical (unpaired) electrons. The summed E-state index contributed by atoms with van der Waals surface area (Å²) in [4.78, 5) is 14.3. The van der Waals surface area contributed by atoms with Crippen molar-refractivity contribution in [1.82, 2.24) is 4.90 Å². The molecule has 1 unspecified atom stereocenters. The van der Waals surface area contributed by atoms with Crippen LogP contribution in [0.1, 0.15) is 35.9 Å². The standard InChI is InChI=1S/C19H21FN2O3/c20-14-3-1-13(2-4-14)18(21)19(25)22-9-7-12(8-10-22)16-6-5-15(23)11-17(16)24/h1-6,11-12,18,23-24H,7-10,21H2. The Kier molecular flexibility index (Phi) is 4.90. The van der Waals surface area contributed by atoms with Gasteiger partial charge in [-0.2, -0.15) is 0 Å². The number of halogens is 1. The van der Waals surface area contributed by atoms with Crippen molar-refractivity contribution in [3.63, 3.8) is 0 Å². The van der Waals surface area contributed by atoms with E-state index in [2.05, 4.69) is 0 Å². The van der Waals surface area contributed by atoms with Crippen LogP contribution in [0.3, 0.4) is 0 Å². The molecule has 25 heavy (non-hydrogen) atoms. The van der Waals surface area contributed by atoms with Gasteiger partial charge in [0.05, 0.1) is 0 Å². The van der Waals surface area contributed by atoms with E-state index in [1.165, 1.54) is 30.3 Å². The number of piperidine rings is 1. The summed E-state index contributed by atoms with van der Waals surface area (Å²) in [5.41, 5.74) is 7.40. The van der Waals surface area contributed by atoms with Gasteiger partial charge in [0.2, 0.25) is 5.91 Å². The monoisotopic (exact) mass is 344 g/mol. The molecule has 0 bridgehead atoms. The van der Waals surface area contributed by atoms with E-state index in [0.29, 0.717) is 31.5 Å². The number of phenolic OH excluding ortho intramolecular Hbond substituents is 2. The van der Waals surface area contributed by atoms with E-state index in [9.17, 15) is 19.4 Å². The highest BCUT2D eigenvalue weighted by Crippen LogP contribution is 2.35. The van der Waals surface area contributed by atoms with E-state index in [4.69, 9.17) is 5.73 Å². The van der Waals surface area contributed by atoms with Gasteiger partial charge in [0.25, 0.3) is 0 Å². The lowest BCUT2D eigenvalue weighted by Gasteiger charge is -2.34. The van der Waals surface area contributed by atoms with Crippen molar-refractivity contribution in [2.45, 2.75) is 24.8 Å². The van der Waals surface area contributed by atoms with E-state index < -0.39 is 6.04 Å². The molecule has 6 heteroatoms. The molecular weight excluding hydrogens is 323 g/mol. The molecule has 132 valence electrons. The van der Waals surface area contributed by atoms with Gasteiger partial charge < -0.3 is 20.8 Å². The van der Waals surface area contributed by atoms with Gasteiger partial charge in [-0.15, -0.1) is 0 Å². The summed E-state index contributed by atoms with van der Waals surface area (Å²) in [6.07, 6.45) is 1.42. The zero-order chi connectivity index (χ0) is 18.0. The molecule has 1 aliphatic rings. The van der Waals surface area contributed by atoms with E-state index in [1.54, 1.807) is 17.0 Å². The number of nitrogens with zero attached hydrogens (tertiary/aromatic N) is 1. The van der Waals surface area contributed by atoms with Crippen molar-refractivity contribution in [3.8, 4) is 11.5 Å². The Balaban J connectivity index is 1.63. The highest BCUT2D eigenvalue weighted by atomic mass is 19.1. The molecule has 2 aromatic carbocycles. The number of hydrogen-bond donors (Lipinski definition) is 3. The minimum absolute atomic E-state index is 0.0270. The van der Waals surface area contributed by atoms with Gasteiger partial charge in [-0.1, -0.05) is 18.2 Å². The molecule has 0 aliphatic carbocycles. The molecule has 3 rings (SSSR count). The summed E-state index contributed by atoms with van der Waals surface area (Å²) in [6, 6.07) is 9.44. The Morgan fingerprint density at radius 2 is 1.76 bits per heavy atom. The molecule has 1 amide bonds. The lowest BCUT2D eigenvalue weighted by Crippen LogP contribution is -2.42. The average Bonchev–Trinajstić information content (AvgIpc) is 2.61. The van der Waals surface area contributed by atoms with Gasteiger partial charge in [0, 0.05) is 19.2 Å². The number of amides is 1. The quantitative estimate of drug-likeness (QED) is 0.799. The van der Waals surface area contributed by atoms with Crippen LogP contribution in [-0.4, -0.2) is 34.1 Å². The van der Waals surface area contributed by atoms with Crippen LogP contribution in [0.2, 0.25) is 0 Å². The van der Waals surface area contributed by atoms with Crippen LogP contribution in [0.5, 0.6) is 11.5 Å². The maximum Gasteiger partial charge on any atom is 0.244 e. The fourth-order valence-electron chi connectivity index (χ4n) is 3.30. The second-order valence-electron chi connectivity index (χ2n) is 6.37. The number of carbonyl (C=O) groups is 1. The molecule has 1 saturated heterocycles. The smallest absolute Gasteiger partial charge is 0.244 e. The Bertz CT molecular complexity index is 756. The highest BCUT2D eigenvalue weighted by Gasteiger charge is 2.28. The summed E-state index contributed by atoms with van der Waals surface area (Å²) >= 11 is 0. The Morgan fingerprint density at radius 1 is 1.12 bits per heavy atom. The maximum atomic E-state index is 13.0. The molecule has 0 saturated carbocycles. The molecule has 2 aromatic rings. The van der Waals surface area contributed by atoms with Crippen LogP contribution in [0.25, 0.3) is 0 Å². The van der Waals surface area contributed by atoms with Crippen molar-refractivity contribution in [2.75, 3.05) is 13.1 Å². The number of hydrogen-bond acceptors (Lipinski definition) is 4. The highest BCUT2D eigenvalue weighted by molar-refractivity contribution is 5.83. The van der Waals surface area contributed by atoms with E-state index in [1.807, 2.05) is 0 Å². The van der Waals surface area contributed by atoms with E-state index in [0.717, 1.165) is 5.56 Å². The van der Waals surface area contributed by atoms with Crippen LogP contribution >= 0.6 is 0 Å². The molecule has 1 heterocycles. The van der Waals surface area contributed by atoms with Crippen molar-refractivity contribution < 1.29 is 19.4 Å². The minimum Gasteiger partial charge on any atom is -0.508 e. The van der Waals surface area contributed by atoms with Gasteiger partial charge in [0.15, 0.2) is 0 Å². The topological polar surface area (TPSA) is 86.8 Å². The number of carbonyl (C=O) groups excluding carboxylic acids is 1. The second-order valence-corrected chi connectivity index (χ2v) is 6.37. The second kappa shape index (κ2) is 7.11. The summed E-state index contributed by atoms with van der Waals surface area (Å²) in [7, 11) is 0. The fourth-order valence-corrected chi connectivity index (χ4v) is 3.30. The van der Waals surface area contributed by atoms with Crippen molar-refractivity contribution in [3.05, 3.63) is 59.4 Å². The molecule has 1 fully saturated rings. The Hall–Kier alpha value is -2.60. The van der Waals surface area contributed by atoms with E-state index in [-0.39, 0.29) is 29.1 Å². The number of aromatic hydroxyl groups is 2. The van der Waals surface area contributed by atoms with Crippen LogP contribution in [0, 0.1) is 5.82 Å². The average molecular weight is 344 g/mol. The van der Waals surface area contributed by atoms with Crippen LogP contribution in [-0.2, 0) is 4.79 Å². The van der Waals surface area contributed by atoms with Gasteiger partial charge in [-0.05, 0) is 48.1 Å². The van der Waals surface area contributed by atoms with Crippen LogP contribution < -0.4 is 5.73 Å². The first-order valence-corrected chi connectivity index (χ1v) is 8.27. The molecule has 4 N–H and O–H groups in total. The first-order chi connectivity index (χ1) is 12.0. The lowest BCUT2D eigenvalue weighted by molar-refractivity contribution is -0.133. The third-order valence-corrected chi connectivity index (χ3v) is 4.76. The number of nitrogens with two attached hydrogens (primary N) is 1. The fraction of sp³-hybridized carbons (Fsp3) is 0.316. The van der Waals surface area contributed by atoms with Crippen molar-refractivity contribution in [2.24, 2.45) is 5.73 Å².